The van der Waals surface area contributed by atoms with Gasteiger partial charge < -0.3 is 24.5 Å². The van der Waals surface area contributed by atoms with E-state index >= 15 is 0 Å². The van der Waals surface area contributed by atoms with Crippen LogP contribution in [0.1, 0.15) is 5.56 Å². The highest BCUT2D eigenvalue weighted by Gasteiger charge is 2.13. The number of nitrogens with two attached hydrogens (primary N) is 1. The lowest BCUT2D eigenvalue weighted by molar-refractivity contribution is -0.140. The Balaban J connectivity index is 1.55. The quantitative estimate of drug-likeness (QED) is 0.195. The first kappa shape index (κ1) is 20.2. The molecule has 1 aromatic heterocycles. The zero-order chi connectivity index (χ0) is 20.6. The van der Waals surface area contributed by atoms with E-state index in [0.717, 1.165) is 17.3 Å². The van der Waals surface area contributed by atoms with Gasteiger partial charge in [-0.15, -0.1) is 10.2 Å². The minimum Gasteiger partial charge on any atom is -0.493 e. The summed E-state index contributed by atoms with van der Waals surface area (Å²) in [7, 11) is 3.04. The topological polar surface area (TPSA) is 122 Å². The van der Waals surface area contributed by atoms with Crippen molar-refractivity contribution in [2.75, 3.05) is 20.0 Å². The fourth-order valence-corrected chi connectivity index (χ4v) is 2.79. The second-order valence-electron chi connectivity index (χ2n) is 5.54. The van der Waals surface area contributed by atoms with Crippen LogP contribution in [-0.2, 0) is 9.63 Å². The van der Waals surface area contributed by atoms with Gasteiger partial charge in [0.25, 0.3) is 5.22 Å². The monoisotopic (exact) mass is 414 g/mol. The van der Waals surface area contributed by atoms with Crippen molar-refractivity contribution in [2.45, 2.75) is 5.22 Å². The Morgan fingerprint density at radius 3 is 2.59 bits per heavy atom. The highest BCUT2D eigenvalue weighted by Crippen LogP contribution is 2.27. The summed E-state index contributed by atoms with van der Waals surface area (Å²) in [4.78, 5) is 16.8. The zero-order valence-electron chi connectivity index (χ0n) is 15.7. The zero-order valence-corrected chi connectivity index (χ0v) is 16.5. The van der Waals surface area contributed by atoms with E-state index in [9.17, 15) is 4.79 Å². The molecule has 0 spiro atoms. The van der Waals surface area contributed by atoms with E-state index in [1.807, 2.05) is 30.3 Å². The predicted octanol–water partition coefficient (Wildman–Crippen LogP) is 2.71. The van der Waals surface area contributed by atoms with Crippen LogP contribution < -0.4 is 15.2 Å². The molecule has 0 atom stereocenters. The van der Waals surface area contributed by atoms with E-state index in [1.54, 1.807) is 18.2 Å². The van der Waals surface area contributed by atoms with Crippen LogP contribution in [0.3, 0.4) is 0 Å². The molecular weight excluding hydrogens is 396 g/mol. The predicted molar refractivity (Wildman–Crippen MR) is 107 cm³/mol. The second-order valence-corrected chi connectivity index (χ2v) is 6.46. The molecule has 0 saturated heterocycles. The lowest BCUT2D eigenvalue weighted by Gasteiger charge is -2.08. The number of carbonyl (C=O) groups excluding carboxylic acids is 1. The molecule has 2 N–H and O–H groups in total. The Labute approximate surface area is 170 Å². The summed E-state index contributed by atoms with van der Waals surface area (Å²) in [5, 5.41) is 11.8. The summed E-state index contributed by atoms with van der Waals surface area (Å²) in [6.45, 7) is 0. The molecule has 10 heteroatoms. The van der Waals surface area contributed by atoms with Crippen LogP contribution in [0.25, 0.3) is 11.5 Å². The van der Waals surface area contributed by atoms with Crippen molar-refractivity contribution >= 4 is 23.6 Å². The van der Waals surface area contributed by atoms with E-state index in [0.29, 0.717) is 23.0 Å². The van der Waals surface area contributed by atoms with E-state index < -0.39 is 5.97 Å². The maximum absolute atomic E-state index is 11.9. The van der Waals surface area contributed by atoms with Gasteiger partial charge in [-0.3, -0.25) is 0 Å². The fourth-order valence-electron chi connectivity index (χ4n) is 2.26. The van der Waals surface area contributed by atoms with Crippen LogP contribution in [0.2, 0.25) is 0 Å². The molecule has 0 fully saturated rings. The van der Waals surface area contributed by atoms with E-state index in [4.69, 9.17) is 24.5 Å². The lowest BCUT2D eigenvalue weighted by atomic mass is 10.2. The number of methoxy groups -OCH3 is 2. The van der Waals surface area contributed by atoms with Crippen molar-refractivity contribution in [1.29, 1.82) is 0 Å². The number of oxime groups is 1. The molecule has 0 radical (unpaired) electrons. The van der Waals surface area contributed by atoms with Gasteiger partial charge in [0.05, 0.1) is 14.2 Å². The molecule has 2 aromatic carbocycles. The Morgan fingerprint density at radius 1 is 1.10 bits per heavy atom. The number of rotatable bonds is 8. The number of ether oxygens (including phenoxy) is 2. The molecule has 0 bridgehead atoms. The molecule has 9 nitrogen and oxygen atoms in total. The standard InChI is InChI=1S/C19H18N4O5S/c1-25-14-9-8-13(10-15(14)26-2)17(20)23-28-16(24)11-29-19-22-21-18(27-19)12-6-4-3-5-7-12/h3-10H,11H2,1-2H3,(H2,20,23). The third-order valence-corrected chi connectivity index (χ3v) is 4.46. The summed E-state index contributed by atoms with van der Waals surface area (Å²) >= 11 is 1.04. The Hall–Kier alpha value is -3.53. The van der Waals surface area contributed by atoms with E-state index in [-0.39, 0.29) is 16.8 Å². The first-order valence-corrected chi connectivity index (χ1v) is 9.36. The maximum atomic E-state index is 11.9. The van der Waals surface area contributed by atoms with Gasteiger partial charge in [0.1, 0.15) is 5.75 Å². The largest absolute Gasteiger partial charge is 0.493 e. The molecule has 0 aliphatic heterocycles. The third-order valence-electron chi connectivity index (χ3n) is 3.67. The lowest BCUT2D eigenvalue weighted by Crippen LogP contribution is -2.16. The average Bonchev–Trinajstić information content (AvgIpc) is 3.25. The van der Waals surface area contributed by atoms with Crippen molar-refractivity contribution in [3.63, 3.8) is 0 Å². The van der Waals surface area contributed by atoms with Crippen LogP contribution in [0.5, 0.6) is 11.5 Å². The van der Waals surface area contributed by atoms with Gasteiger partial charge in [-0.2, -0.15) is 0 Å². The average molecular weight is 414 g/mol. The van der Waals surface area contributed by atoms with Crippen LogP contribution in [0.15, 0.2) is 63.3 Å². The van der Waals surface area contributed by atoms with Crippen molar-refractivity contribution < 1.29 is 23.5 Å². The van der Waals surface area contributed by atoms with E-state index in [1.165, 1.54) is 14.2 Å². The molecule has 0 saturated carbocycles. The van der Waals surface area contributed by atoms with Gasteiger partial charge in [0.2, 0.25) is 5.89 Å². The number of carbonyl (C=O) groups is 1. The van der Waals surface area contributed by atoms with Crippen molar-refractivity contribution in [2.24, 2.45) is 10.9 Å². The third kappa shape index (κ3) is 5.26. The molecule has 3 aromatic rings. The first-order chi connectivity index (χ1) is 14.1. The summed E-state index contributed by atoms with van der Waals surface area (Å²) in [5.74, 6) is 0.741. The highest BCUT2D eigenvalue weighted by atomic mass is 32.2. The fraction of sp³-hybridized carbons (Fsp3) is 0.158. The minimum atomic E-state index is -0.613. The van der Waals surface area contributed by atoms with Crippen LogP contribution in [0, 0.1) is 0 Å². The highest BCUT2D eigenvalue weighted by molar-refractivity contribution is 7.99. The Morgan fingerprint density at radius 2 is 1.86 bits per heavy atom. The minimum absolute atomic E-state index is 0.0217. The molecule has 0 aliphatic carbocycles. The Kier molecular flexibility index (Phi) is 6.69. The molecule has 1 heterocycles. The number of aromatic nitrogens is 2. The van der Waals surface area contributed by atoms with Gasteiger partial charge in [-0.25, -0.2) is 4.79 Å². The van der Waals surface area contributed by atoms with Gasteiger partial charge in [-0.1, -0.05) is 35.1 Å². The Bertz CT molecular complexity index is 1010. The van der Waals surface area contributed by atoms with E-state index in [2.05, 4.69) is 15.4 Å². The van der Waals surface area contributed by atoms with Crippen molar-refractivity contribution in [3.05, 3.63) is 54.1 Å². The summed E-state index contributed by atoms with van der Waals surface area (Å²) in [5.41, 5.74) is 7.18. The van der Waals surface area contributed by atoms with Crippen molar-refractivity contribution in [1.82, 2.24) is 10.2 Å². The molecule has 3 rings (SSSR count). The number of nitrogens with zero attached hydrogens (tertiary/aromatic N) is 3. The smallest absolute Gasteiger partial charge is 0.345 e. The normalized spacial score (nSPS) is 11.2. The van der Waals surface area contributed by atoms with Crippen LogP contribution in [0.4, 0.5) is 0 Å². The number of hydrogen-bond donors (Lipinski definition) is 1. The van der Waals surface area contributed by atoms with Crippen LogP contribution >= 0.6 is 11.8 Å². The molecule has 150 valence electrons. The molecule has 0 unspecified atom stereocenters. The molecule has 29 heavy (non-hydrogen) atoms. The maximum Gasteiger partial charge on any atom is 0.345 e. The summed E-state index contributed by atoms with van der Waals surface area (Å²) in [6, 6.07) is 14.3. The van der Waals surface area contributed by atoms with Gasteiger partial charge in [-0.05, 0) is 30.3 Å². The number of benzene rings is 2. The molecular formula is C19H18N4O5S. The number of amidine groups is 1. The van der Waals surface area contributed by atoms with Crippen molar-refractivity contribution in [3.8, 4) is 23.0 Å². The number of hydrogen-bond acceptors (Lipinski definition) is 9. The second kappa shape index (κ2) is 9.60. The molecule has 0 amide bonds. The SMILES string of the molecule is COc1ccc(/C(N)=N/OC(=O)CSc2nnc(-c3ccccc3)o2)cc1OC. The first-order valence-electron chi connectivity index (χ1n) is 8.38. The summed E-state index contributed by atoms with van der Waals surface area (Å²) < 4.78 is 15.9. The van der Waals surface area contributed by atoms with Gasteiger partial charge >= 0.3 is 5.97 Å². The molecule has 0 aliphatic rings. The van der Waals surface area contributed by atoms with Gasteiger partial charge in [0.15, 0.2) is 17.3 Å². The number of thioether (sulfide) groups is 1. The summed E-state index contributed by atoms with van der Waals surface area (Å²) in [6.07, 6.45) is 0. The van der Waals surface area contributed by atoms with Gasteiger partial charge in [0, 0.05) is 11.1 Å². The van der Waals surface area contributed by atoms with Crippen LogP contribution in [-0.4, -0.2) is 42.0 Å².